The molecule has 0 aliphatic carbocycles. The fraction of sp³-hybridized carbons (Fsp3) is 0.273. The van der Waals surface area contributed by atoms with Gasteiger partial charge in [0.15, 0.2) is 10.9 Å². The normalized spacial score (nSPS) is 14.1. The lowest BCUT2D eigenvalue weighted by Crippen LogP contribution is -2.36. The second kappa shape index (κ2) is 8.95. The predicted octanol–water partition coefficient (Wildman–Crippen LogP) is 5.11. The van der Waals surface area contributed by atoms with Crippen LogP contribution < -0.4 is 10.2 Å². The van der Waals surface area contributed by atoms with E-state index in [4.69, 9.17) is 16.3 Å². The van der Waals surface area contributed by atoms with E-state index >= 15 is 0 Å². The Morgan fingerprint density at radius 3 is 2.69 bits per heavy atom. The van der Waals surface area contributed by atoms with Crippen molar-refractivity contribution in [3.8, 4) is 0 Å². The third-order valence-electron chi connectivity index (χ3n) is 4.97. The smallest absolute Gasteiger partial charge is 0.187 e. The van der Waals surface area contributed by atoms with Crippen LogP contribution in [0.25, 0.3) is 0 Å². The van der Waals surface area contributed by atoms with E-state index in [1.807, 2.05) is 37.3 Å². The minimum Gasteiger partial charge on any atom is -0.378 e. The van der Waals surface area contributed by atoms with Gasteiger partial charge in [-0.2, -0.15) is 0 Å². The van der Waals surface area contributed by atoms with Gasteiger partial charge in [0.25, 0.3) is 0 Å². The number of carbonyl (C=O) groups excluding carboxylic acids is 1. The third-order valence-corrected chi connectivity index (χ3v) is 6.27. The number of Topliss-reactive ketones (excluding diaryl/α,β-unsaturated/α-hetero) is 1. The van der Waals surface area contributed by atoms with E-state index in [9.17, 15) is 4.79 Å². The first kappa shape index (κ1) is 19.9. The van der Waals surface area contributed by atoms with E-state index in [-0.39, 0.29) is 12.2 Å². The van der Waals surface area contributed by atoms with E-state index in [1.54, 1.807) is 6.20 Å². The summed E-state index contributed by atoms with van der Waals surface area (Å²) in [5, 5.41) is 4.61. The van der Waals surface area contributed by atoms with Crippen LogP contribution in [-0.2, 0) is 11.2 Å². The van der Waals surface area contributed by atoms with Crippen molar-refractivity contribution in [3.05, 3.63) is 69.7 Å². The van der Waals surface area contributed by atoms with Crippen molar-refractivity contribution in [1.82, 2.24) is 4.98 Å². The number of aromatic nitrogens is 1. The topological polar surface area (TPSA) is 54.5 Å². The molecule has 1 fully saturated rings. The number of halogens is 1. The van der Waals surface area contributed by atoms with Gasteiger partial charge in [0.05, 0.1) is 24.3 Å². The van der Waals surface area contributed by atoms with Gasteiger partial charge in [0.1, 0.15) is 0 Å². The second-order valence-electron chi connectivity index (χ2n) is 6.94. The largest absolute Gasteiger partial charge is 0.378 e. The molecule has 29 heavy (non-hydrogen) atoms. The number of rotatable bonds is 6. The maximum absolute atomic E-state index is 12.7. The fourth-order valence-corrected chi connectivity index (χ4v) is 4.36. The average molecular weight is 428 g/mol. The van der Waals surface area contributed by atoms with Gasteiger partial charge >= 0.3 is 0 Å². The molecule has 0 unspecified atom stereocenters. The van der Waals surface area contributed by atoms with Crippen molar-refractivity contribution >= 4 is 45.2 Å². The lowest BCUT2D eigenvalue weighted by atomic mass is 10.0. The molecule has 2 heterocycles. The molecule has 0 saturated carbocycles. The monoisotopic (exact) mass is 427 g/mol. The molecular weight excluding hydrogens is 406 g/mol. The van der Waals surface area contributed by atoms with Gasteiger partial charge in [-0.05, 0) is 48.4 Å². The van der Waals surface area contributed by atoms with Gasteiger partial charge < -0.3 is 15.0 Å². The Hall–Kier alpha value is -2.41. The number of hydrogen-bond donors (Lipinski definition) is 1. The van der Waals surface area contributed by atoms with Gasteiger partial charge in [0.2, 0.25) is 0 Å². The molecule has 1 saturated heterocycles. The molecule has 0 radical (unpaired) electrons. The summed E-state index contributed by atoms with van der Waals surface area (Å²) in [5.41, 5.74) is 4.02. The molecule has 4 rings (SSSR count). The first-order chi connectivity index (χ1) is 14.1. The van der Waals surface area contributed by atoms with Crippen LogP contribution in [0.5, 0.6) is 0 Å². The van der Waals surface area contributed by atoms with E-state index in [2.05, 4.69) is 27.3 Å². The first-order valence-electron chi connectivity index (χ1n) is 9.53. The molecule has 0 atom stereocenters. The van der Waals surface area contributed by atoms with Crippen LogP contribution in [0.15, 0.2) is 48.7 Å². The third kappa shape index (κ3) is 4.78. The van der Waals surface area contributed by atoms with Crippen molar-refractivity contribution in [1.29, 1.82) is 0 Å². The van der Waals surface area contributed by atoms with E-state index in [1.165, 1.54) is 17.0 Å². The van der Waals surface area contributed by atoms with Crippen molar-refractivity contribution < 1.29 is 9.53 Å². The zero-order valence-electron chi connectivity index (χ0n) is 16.2. The number of carbonyl (C=O) groups is 1. The molecule has 0 spiro atoms. The second-order valence-corrected chi connectivity index (χ2v) is 8.37. The standard InChI is InChI=1S/C22H22ClN3O2S/c1-15-3-2-4-19(23)18(15)13-20(27)21-14-24-22(29-21)25-16-5-7-17(8-6-16)26-9-11-28-12-10-26/h2-8,14H,9-13H2,1H3,(H,24,25). The summed E-state index contributed by atoms with van der Waals surface area (Å²) in [6.07, 6.45) is 1.91. The Morgan fingerprint density at radius 2 is 1.97 bits per heavy atom. The number of nitrogens with one attached hydrogen (secondary N) is 1. The Morgan fingerprint density at radius 1 is 1.21 bits per heavy atom. The van der Waals surface area contributed by atoms with E-state index < -0.39 is 0 Å². The summed E-state index contributed by atoms with van der Waals surface area (Å²) in [4.78, 5) is 20.0. The SMILES string of the molecule is Cc1cccc(Cl)c1CC(=O)c1cnc(Nc2ccc(N3CCOCC3)cc2)s1. The summed E-state index contributed by atoms with van der Waals surface area (Å²) < 4.78 is 5.40. The molecule has 5 nitrogen and oxygen atoms in total. The Labute approximate surface area is 179 Å². The van der Waals surface area contributed by atoms with Crippen molar-refractivity contribution in [2.45, 2.75) is 13.3 Å². The summed E-state index contributed by atoms with van der Waals surface area (Å²) in [5.74, 6) is 0.0226. The number of nitrogens with zero attached hydrogens (tertiary/aromatic N) is 2. The minimum absolute atomic E-state index is 0.0226. The van der Waals surface area contributed by atoms with Crippen LogP contribution in [0.3, 0.4) is 0 Å². The number of ether oxygens (including phenoxy) is 1. The number of aryl methyl sites for hydroxylation is 1. The van der Waals surface area contributed by atoms with Gasteiger partial charge in [0, 0.05) is 35.9 Å². The molecule has 150 valence electrons. The van der Waals surface area contributed by atoms with Gasteiger partial charge in [-0.15, -0.1) is 0 Å². The quantitative estimate of drug-likeness (QED) is 0.554. The van der Waals surface area contributed by atoms with E-state index in [0.717, 1.165) is 43.1 Å². The molecule has 1 aromatic heterocycles. The Balaban J connectivity index is 1.40. The lowest BCUT2D eigenvalue weighted by Gasteiger charge is -2.28. The lowest BCUT2D eigenvalue weighted by molar-refractivity contribution is 0.0996. The summed E-state index contributed by atoms with van der Waals surface area (Å²) in [7, 11) is 0. The van der Waals surface area contributed by atoms with Crippen LogP contribution in [0, 0.1) is 6.92 Å². The highest BCUT2D eigenvalue weighted by molar-refractivity contribution is 7.17. The number of benzene rings is 2. The summed E-state index contributed by atoms with van der Waals surface area (Å²) in [6, 6.07) is 13.9. The van der Waals surface area contributed by atoms with Crippen LogP contribution in [0.4, 0.5) is 16.5 Å². The highest BCUT2D eigenvalue weighted by Crippen LogP contribution is 2.27. The van der Waals surface area contributed by atoms with Crippen molar-refractivity contribution in [2.75, 3.05) is 36.5 Å². The molecule has 1 aliphatic heterocycles. The number of anilines is 3. The van der Waals surface area contributed by atoms with Crippen LogP contribution >= 0.6 is 22.9 Å². The van der Waals surface area contributed by atoms with E-state index in [0.29, 0.717) is 15.0 Å². The van der Waals surface area contributed by atoms with Crippen LogP contribution in [-0.4, -0.2) is 37.1 Å². The first-order valence-corrected chi connectivity index (χ1v) is 10.7. The summed E-state index contributed by atoms with van der Waals surface area (Å²) >= 11 is 7.61. The molecule has 3 aromatic rings. The molecular formula is C22H22ClN3O2S. The number of hydrogen-bond acceptors (Lipinski definition) is 6. The highest BCUT2D eigenvalue weighted by Gasteiger charge is 2.15. The highest BCUT2D eigenvalue weighted by atomic mass is 35.5. The van der Waals surface area contributed by atoms with Gasteiger partial charge in [-0.1, -0.05) is 35.1 Å². The van der Waals surface area contributed by atoms with Crippen LogP contribution in [0.1, 0.15) is 20.8 Å². The molecule has 0 bridgehead atoms. The Bertz CT molecular complexity index is 977. The Kier molecular flexibility index (Phi) is 6.13. The maximum atomic E-state index is 12.7. The van der Waals surface area contributed by atoms with Crippen molar-refractivity contribution in [3.63, 3.8) is 0 Å². The fourth-order valence-electron chi connectivity index (χ4n) is 3.30. The number of ketones is 1. The molecule has 1 N–H and O–H groups in total. The zero-order valence-corrected chi connectivity index (χ0v) is 17.7. The molecule has 1 aliphatic rings. The van der Waals surface area contributed by atoms with Gasteiger partial charge in [-0.25, -0.2) is 4.98 Å². The molecule has 0 amide bonds. The number of thiazole rings is 1. The van der Waals surface area contributed by atoms with Crippen molar-refractivity contribution in [2.24, 2.45) is 0 Å². The zero-order chi connectivity index (χ0) is 20.2. The van der Waals surface area contributed by atoms with Crippen LogP contribution in [0.2, 0.25) is 5.02 Å². The van der Waals surface area contributed by atoms with Gasteiger partial charge in [-0.3, -0.25) is 4.79 Å². The summed E-state index contributed by atoms with van der Waals surface area (Å²) in [6.45, 7) is 5.33. The molecule has 2 aromatic carbocycles. The maximum Gasteiger partial charge on any atom is 0.187 e. The predicted molar refractivity (Wildman–Crippen MR) is 119 cm³/mol. The average Bonchev–Trinajstić information content (AvgIpc) is 3.21. The molecule has 7 heteroatoms. The minimum atomic E-state index is 0.0226. The number of morpholine rings is 1.